The number of carbonyl (C=O) groups excluding carboxylic acids is 2. The molecular weight excluding hydrogens is 330 g/mol. The number of nitrogens with one attached hydrogen (secondary N) is 1. The minimum absolute atomic E-state index is 0.0603. The van der Waals surface area contributed by atoms with Crippen molar-refractivity contribution in [3.63, 3.8) is 0 Å². The number of amides is 1. The van der Waals surface area contributed by atoms with E-state index in [-0.39, 0.29) is 24.4 Å². The van der Waals surface area contributed by atoms with Crippen LogP contribution in [0.15, 0.2) is 54.6 Å². The molecule has 0 fully saturated rings. The van der Waals surface area contributed by atoms with E-state index in [9.17, 15) is 9.59 Å². The maximum atomic E-state index is 12.8. The highest BCUT2D eigenvalue weighted by Crippen LogP contribution is 2.22. The third kappa shape index (κ3) is 5.62. The van der Waals surface area contributed by atoms with Crippen LogP contribution in [0, 0.1) is 0 Å². The molecule has 0 aliphatic rings. The van der Waals surface area contributed by atoms with Crippen molar-refractivity contribution in [1.29, 1.82) is 0 Å². The van der Waals surface area contributed by atoms with Gasteiger partial charge in [0.1, 0.15) is 5.75 Å². The van der Waals surface area contributed by atoms with Crippen molar-refractivity contribution in [2.45, 2.75) is 39.3 Å². The molecule has 1 unspecified atom stereocenters. The number of carbonyl (C=O) groups is 2. The molecule has 0 spiro atoms. The molecule has 0 bridgehead atoms. The molecule has 0 aliphatic carbocycles. The summed E-state index contributed by atoms with van der Waals surface area (Å²) in [5, 5.41) is 2.93. The first kappa shape index (κ1) is 19.5. The van der Waals surface area contributed by atoms with Crippen molar-refractivity contribution in [3.8, 4) is 5.75 Å². The molecule has 2 aromatic rings. The van der Waals surface area contributed by atoms with Crippen LogP contribution in [-0.2, 0) is 9.53 Å². The fourth-order valence-corrected chi connectivity index (χ4v) is 2.59. The number of esters is 1. The largest absolute Gasteiger partial charge is 0.493 e. The lowest BCUT2D eigenvalue weighted by Gasteiger charge is -2.20. The van der Waals surface area contributed by atoms with Gasteiger partial charge in [0.15, 0.2) is 0 Å². The van der Waals surface area contributed by atoms with E-state index >= 15 is 0 Å². The second-order valence-electron chi connectivity index (χ2n) is 6.11. The van der Waals surface area contributed by atoms with Crippen LogP contribution in [0.3, 0.4) is 0 Å². The smallest absolute Gasteiger partial charge is 0.308 e. The summed E-state index contributed by atoms with van der Waals surface area (Å²) >= 11 is 0. The van der Waals surface area contributed by atoms with Gasteiger partial charge in [0, 0.05) is 0 Å². The van der Waals surface area contributed by atoms with Crippen molar-refractivity contribution >= 4 is 11.9 Å². The molecule has 1 amide bonds. The molecule has 1 atom stereocenters. The number of hydrogen-bond acceptors (Lipinski definition) is 4. The molecule has 26 heavy (non-hydrogen) atoms. The molecule has 5 nitrogen and oxygen atoms in total. The maximum Gasteiger partial charge on any atom is 0.308 e. The van der Waals surface area contributed by atoms with Gasteiger partial charge in [0.05, 0.1) is 30.7 Å². The molecule has 0 heterocycles. The van der Waals surface area contributed by atoms with Gasteiger partial charge in [-0.1, -0.05) is 42.5 Å². The summed E-state index contributed by atoms with van der Waals surface area (Å²) in [5.74, 6) is -0.128. The Balaban J connectivity index is 2.21. The summed E-state index contributed by atoms with van der Waals surface area (Å²) in [6.45, 7) is 5.93. The van der Waals surface area contributed by atoms with Crippen molar-refractivity contribution in [2.24, 2.45) is 0 Å². The molecule has 5 heteroatoms. The predicted octanol–water partition coefficient (Wildman–Crippen LogP) is 3.90. The maximum absolute atomic E-state index is 12.8. The molecule has 0 saturated heterocycles. The van der Waals surface area contributed by atoms with Crippen LogP contribution >= 0.6 is 0 Å². The molecule has 0 aliphatic heterocycles. The highest BCUT2D eigenvalue weighted by Gasteiger charge is 2.22. The Bertz CT molecular complexity index is 728. The lowest BCUT2D eigenvalue weighted by Crippen LogP contribution is -2.31. The molecular formula is C21H25NO4. The van der Waals surface area contributed by atoms with E-state index in [2.05, 4.69) is 5.32 Å². The molecule has 2 aromatic carbocycles. The Labute approximate surface area is 154 Å². The molecule has 0 aromatic heterocycles. The van der Waals surface area contributed by atoms with Crippen LogP contribution in [0.2, 0.25) is 0 Å². The summed E-state index contributed by atoms with van der Waals surface area (Å²) < 4.78 is 10.8. The highest BCUT2D eigenvalue weighted by molar-refractivity contribution is 5.97. The van der Waals surface area contributed by atoms with Gasteiger partial charge < -0.3 is 14.8 Å². The van der Waals surface area contributed by atoms with Gasteiger partial charge in [-0.15, -0.1) is 0 Å². The second kappa shape index (κ2) is 9.61. The van der Waals surface area contributed by atoms with Crippen LogP contribution in [0.5, 0.6) is 5.75 Å². The summed E-state index contributed by atoms with van der Waals surface area (Å²) in [7, 11) is 0. The molecule has 138 valence electrons. The van der Waals surface area contributed by atoms with E-state index in [1.54, 1.807) is 32.0 Å². The van der Waals surface area contributed by atoms with E-state index in [0.29, 0.717) is 17.9 Å². The average Bonchev–Trinajstić information content (AvgIpc) is 2.62. The Morgan fingerprint density at radius 3 is 2.31 bits per heavy atom. The zero-order chi connectivity index (χ0) is 18.9. The summed E-state index contributed by atoms with van der Waals surface area (Å²) in [6.07, 6.45) is -0.140. The molecule has 1 N–H and O–H groups in total. The fraction of sp³-hybridized carbons (Fsp3) is 0.333. The minimum Gasteiger partial charge on any atom is -0.493 e. The Morgan fingerprint density at radius 2 is 1.65 bits per heavy atom. The first-order valence-electron chi connectivity index (χ1n) is 8.78. The van der Waals surface area contributed by atoms with Crippen molar-refractivity contribution in [3.05, 3.63) is 65.7 Å². The van der Waals surface area contributed by atoms with Gasteiger partial charge in [-0.3, -0.25) is 9.59 Å². The van der Waals surface area contributed by atoms with E-state index in [4.69, 9.17) is 9.47 Å². The van der Waals surface area contributed by atoms with Gasteiger partial charge in [0.25, 0.3) is 5.91 Å². The second-order valence-corrected chi connectivity index (χ2v) is 6.11. The Hall–Kier alpha value is -2.82. The summed E-state index contributed by atoms with van der Waals surface area (Å²) in [4.78, 5) is 24.9. The van der Waals surface area contributed by atoms with E-state index in [1.807, 2.05) is 43.3 Å². The van der Waals surface area contributed by atoms with Crippen LogP contribution in [0.25, 0.3) is 0 Å². The predicted molar refractivity (Wildman–Crippen MR) is 100 cm³/mol. The number of hydrogen-bond donors (Lipinski definition) is 1. The molecule has 0 radical (unpaired) electrons. The SMILES string of the molecule is CCOc1ccccc1C(=O)NC(CC(=O)OC(C)C)c1ccccc1. The van der Waals surface area contributed by atoms with Crippen LogP contribution in [-0.4, -0.2) is 24.6 Å². The normalized spacial score (nSPS) is 11.7. The fourth-order valence-electron chi connectivity index (χ4n) is 2.59. The number of benzene rings is 2. The lowest BCUT2D eigenvalue weighted by molar-refractivity contribution is -0.147. The van der Waals surface area contributed by atoms with Gasteiger partial charge in [-0.25, -0.2) is 0 Å². The topological polar surface area (TPSA) is 64.6 Å². The van der Waals surface area contributed by atoms with E-state index < -0.39 is 6.04 Å². The molecule has 2 rings (SSSR count). The highest BCUT2D eigenvalue weighted by atomic mass is 16.5. The minimum atomic E-state index is -0.482. The number of rotatable bonds is 8. The third-order valence-corrected chi connectivity index (χ3v) is 3.68. The van der Waals surface area contributed by atoms with Gasteiger partial charge in [-0.05, 0) is 38.5 Å². The monoisotopic (exact) mass is 355 g/mol. The van der Waals surface area contributed by atoms with Gasteiger partial charge in [-0.2, -0.15) is 0 Å². The Kier molecular flexibility index (Phi) is 7.21. The summed E-state index contributed by atoms with van der Waals surface area (Å²) in [5.41, 5.74) is 1.28. The Morgan fingerprint density at radius 1 is 1.00 bits per heavy atom. The first-order valence-corrected chi connectivity index (χ1v) is 8.78. The number of para-hydroxylation sites is 1. The van der Waals surface area contributed by atoms with E-state index in [1.165, 1.54) is 0 Å². The number of ether oxygens (including phenoxy) is 2. The van der Waals surface area contributed by atoms with Crippen molar-refractivity contribution < 1.29 is 19.1 Å². The zero-order valence-electron chi connectivity index (χ0n) is 15.4. The van der Waals surface area contributed by atoms with Crippen LogP contribution in [0.1, 0.15) is 49.2 Å². The van der Waals surface area contributed by atoms with Crippen LogP contribution < -0.4 is 10.1 Å². The van der Waals surface area contributed by atoms with Gasteiger partial charge >= 0.3 is 5.97 Å². The first-order chi connectivity index (χ1) is 12.5. The average molecular weight is 355 g/mol. The third-order valence-electron chi connectivity index (χ3n) is 3.68. The van der Waals surface area contributed by atoms with Crippen LogP contribution in [0.4, 0.5) is 0 Å². The zero-order valence-corrected chi connectivity index (χ0v) is 15.4. The lowest BCUT2D eigenvalue weighted by atomic mass is 10.0. The standard InChI is InChI=1S/C21H25NO4/c1-4-25-19-13-9-8-12-17(19)21(24)22-18(14-20(23)26-15(2)3)16-10-6-5-7-11-16/h5-13,15,18H,4,14H2,1-3H3,(H,22,24). The van der Waals surface area contributed by atoms with Gasteiger partial charge in [0.2, 0.25) is 0 Å². The van der Waals surface area contributed by atoms with Crippen molar-refractivity contribution in [2.75, 3.05) is 6.61 Å². The molecule has 0 saturated carbocycles. The van der Waals surface area contributed by atoms with E-state index in [0.717, 1.165) is 5.56 Å². The quantitative estimate of drug-likeness (QED) is 0.730. The summed E-state index contributed by atoms with van der Waals surface area (Å²) in [6, 6.07) is 16.0. The van der Waals surface area contributed by atoms with Crippen molar-refractivity contribution in [1.82, 2.24) is 5.32 Å².